The van der Waals surface area contributed by atoms with Crippen LogP contribution in [-0.4, -0.2) is 35.3 Å². The number of halogens is 1. The van der Waals surface area contributed by atoms with Crippen molar-refractivity contribution in [2.24, 2.45) is 0 Å². The maximum Gasteiger partial charge on any atom is 0.327 e. The Balaban J connectivity index is 2.23. The highest BCUT2D eigenvalue weighted by Gasteiger charge is 2.33. The van der Waals surface area contributed by atoms with Crippen LogP contribution in [0, 0.1) is 17.1 Å². The molecule has 1 aliphatic heterocycles. The first-order valence-electron chi connectivity index (χ1n) is 5.27. The highest BCUT2D eigenvalue weighted by molar-refractivity contribution is 6.01. The van der Waals surface area contributed by atoms with Crippen LogP contribution < -0.4 is 0 Å². The molecule has 92 valence electrons. The molecule has 0 spiro atoms. The van der Waals surface area contributed by atoms with Crippen LogP contribution in [0.5, 0.6) is 0 Å². The lowest BCUT2D eigenvalue weighted by Gasteiger charge is -2.14. The lowest BCUT2D eigenvalue weighted by Crippen LogP contribution is -2.31. The maximum absolute atomic E-state index is 13.1. The number of rotatable bonds is 2. The third-order valence-corrected chi connectivity index (χ3v) is 2.72. The molecule has 1 aliphatic rings. The van der Waals surface area contributed by atoms with Crippen LogP contribution in [-0.2, 0) is 11.3 Å². The smallest absolute Gasteiger partial charge is 0.318 e. The van der Waals surface area contributed by atoms with E-state index in [4.69, 9.17) is 5.26 Å². The highest BCUT2D eigenvalue weighted by Crippen LogP contribution is 2.15. The molecule has 0 N–H and O–H groups in total. The molecule has 0 atom stereocenters. The summed E-state index contributed by atoms with van der Waals surface area (Å²) in [5, 5.41) is 8.70. The minimum Gasteiger partial charge on any atom is -0.318 e. The van der Waals surface area contributed by atoms with E-state index in [0.717, 1.165) is 11.0 Å². The minimum absolute atomic E-state index is 0.0468. The van der Waals surface area contributed by atoms with Gasteiger partial charge in [-0.1, -0.05) is 6.07 Å². The van der Waals surface area contributed by atoms with E-state index in [-0.39, 0.29) is 30.6 Å². The predicted octanol–water partition coefficient (Wildman–Crippen LogP) is 1.09. The lowest BCUT2D eigenvalue weighted by atomic mass is 10.1. The van der Waals surface area contributed by atoms with Crippen LogP contribution in [0.4, 0.5) is 9.18 Å². The lowest BCUT2D eigenvalue weighted by molar-refractivity contribution is -0.125. The normalized spacial score (nSPS) is 15.2. The van der Waals surface area contributed by atoms with Gasteiger partial charge in [0.2, 0.25) is 0 Å². The summed E-state index contributed by atoms with van der Waals surface area (Å²) in [5.41, 5.74) is 0.449. The van der Waals surface area contributed by atoms with Gasteiger partial charge >= 0.3 is 6.03 Å². The molecule has 6 heteroatoms. The Hall–Kier alpha value is -2.42. The fraction of sp³-hybridized carbons (Fsp3) is 0.250. The zero-order chi connectivity index (χ0) is 13.3. The average Bonchev–Trinajstić information content (AvgIpc) is 2.58. The molecule has 1 fully saturated rings. The average molecular weight is 247 g/mol. The summed E-state index contributed by atoms with van der Waals surface area (Å²) >= 11 is 0. The summed E-state index contributed by atoms with van der Waals surface area (Å²) in [6, 6.07) is 5.28. The topological polar surface area (TPSA) is 64.4 Å². The summed E-state index contributed by atoms with van der Waals surface area (Å²) in [6.45, 7) is 0.0993. The van der Waals surface area contributed by atoms with Gasteiger partial charge in [0, 0.05) is 7.05 Å². The molecule has 1 aromatic rings. The Labute approximate surface area is 103 Å². The summed E-state index contributed by atoms with van der Waals surface area (Å²) in [7, 11) is 1.53. The molecule has 0 aromatic heterocycles. The highest BCUT2D eigenvalue weighted by atomic mass is 19.1. The molecule has 1 saturated heterocycles. The molecule has 2 rings (SSSR count). The fourth-order valence-electron chi connectivity index (χ4n) is 1.76. The van der Waals surface area contributed by atoms with E-state index < -0.39 is 5.82 Å². The zero-order valence-electron chi connectivity index (χ0n) is 9.68. The van der Waals surface area contributed by atoms with Gasteiger partial charge in [-0.2, -0.15) is 5.26 Å². The summed E-state index contributed by atoms with van der Waals surface area (Å²) in [5.74, 6) is -0.914. The van der Waals surface area contributed by atoms with Crippen molar-refractivity contribution in [2.45, 2.75) is 6.54 Å². The van der Waals surface area contributed by atoms with Gasteiger partial charge < -0.3 is 4.90 Å². The summed E-state index contributed by atoms with van der Waals surface area (Å²) in [4.78, 5) is 25.6. The van der Waals surface area contributed by atoms with Gasteiger partial charge in [0.25, 0.3) is 5.91 Å². The SMILES string of the molecule is CN1CC(=O)N(Cc2ccc(F)c(C#N)c2)C1=O. The van der Waals surface area contributed by atoms with Crippen LogP contribution >= 0.6 is 0 Å². The molecule has 5 nitrogen and oxygen atoms in total. The molecular weight excluding hydrogens is 237 g/mol. The second-order valence-corrected chi connectivity index (χ2v) is 4.04. The molecule has 0 bridgehead atoms. The van der Waals surface area contributed by atoms with Gasteiger partial charge in [-0.3, -0.25) is 9.69 Å². The van der Waals surface area contributed by atoms with Gasteiger partial charge in [-0.05, 0) is 17.7 Å². The Morgan fingerprint density at radius 2 is 2.17 bits per heavy atom. The van der Waals surface area contributed by atoms with E-state index in [1.165, 1.54) is 24.1 Å². The molecule has 0 radical (unpaired) electrons. The van der Waals surface area contributed by atoms with Crippen LogP contribution in [0.2, 0.25) is 0 Å². The first-order valence-corrected chi connectivity index (χ1v) is 5.27. The quantitative estimate of drug-likeness (QED) is 0.735. The molecular formula is C12H10FN3O2. The van der Waals surface area contributed by atoms with Crippen molar-refractivity contribution in [3.05, 3.63) is 35.1 Å². The third kappa shape index (κ3) is 2.02. The van der Waals surface area contributed by atoms with Crippen molar-refractivity contribution in [1.29, 1.82) is 5.26 Å². The van der Waals surface area contributed by atoms with Crippen molar-refractivity contribution < 1.29 is 14.0 Å². The monoisotopic (exact) mass is 247 g/mol. The van der Waals surface area contributed by atoms with E-state index in [1.807, 2.05) is 0 Å². The van der Waals surface area contributed by atoms with Gasteiger partial charge in [0.15, 0.2) is 0 Å². The van der Waals surface area contributed by atoms with E-state index in [0.29, 0.717) is 5.56 Å². The van der Waals surface area contributed by atoms with Crippen LogP contribution in [0.1, 0.15) is 11.1 Å². The number of likely N-dealkylation sites (N-methyl/N-ethyl adjacent to an activating group) is 1. The van der Waals surface area contributed by atoms with E-state index in [2.05, 4.69) is 0 Å². The minimum atomic E-state index is -0.613. The maximum atomic E-state index is 13.1. The number of amides is 3. The number of nitriles is 1. The first-order chi connectivity index (χ1) is 8.52. The molecule has 0 saturated carbocycles. The van der Waals surface area contributed by atoms with Crippen molar-refractivity contribution >= 4 is 11.9 Å². The molecule has 1 heterocycles. The van der Waals surface area contributed by atoms with Crippen molar-refractivity contribution in [1.82, 2.24) is 9.80 Å². The van der Waals surface area contributed by atoms with Crippen molar-refractivity contribution in [3.63, 3.8) is 0 Å². The Kier molecular flexibility index (Phi) is 2.98. The number of urea groups is 1. The molecule has 0 unspecified atom stereocenters. The van der Waals surface area contributed by atoms with Gasteiger partial charge in [-0.15, -0.1) is 0 Å². The van der Waals surface area contributed by atoms with Crippen LogP contribution in [0.25, 0.3) is 0 Å². The summed E-state index contributed by atoms with van der Waals surface area (Å²) < 4.78 is 13.1. The zero-order valence-corrected chi connectivity index (χ0v) is 9.68. The molecule has 1 aromatic carbocycles. The van der Waals surface area contributed by atoms with Gasteiger partial charge in [-0.25, -0.2) is 9.18 Å². The standard InChI is InChI=1S/C12H10FN3O2/c1-15-7-11(17)16(12(15)18)6-8-2-3-10(13)9(4-8)5-14/h2-4H,6-7H2,1H3. The largest absolute Gasteiger partial charge is 0.327 e. The van der Waals surface area contributed by atoms with Crippen LogP contribution in [0.15, 0.2) is 18.2 Å². The van der Waals surface area contributed by atoms with Crippen LogP contribution in [0.3, 0.4) is 0 Å². The number of hydrogen-bond donors (Lipinski definition) is 0. The number of nitrogens with zero attached hydrogens (tertiary/aromatic N) is 3. The summed E-state index contributed by atoms with van der Waals surface area (Å²) in [6.07, 6.45) is 0. The Bertz CT molecular complexity index is 565. The van der Waals surface area contributed by atoms with E-state index in [9.17, 15) is 14.0 Å². The van der Waals surface area contributed by atoms with Crippen molar-refractivity contribution in [2.75, 3.05) is 13.6 Å². The van der Waals surface area contributed by atoms with Crippen molar-refractivity contribution in [3.8, 4) is 6.07 Å². The second kappa shape index (κ2) is 4.45. The van der Waals surface area contributed by atoms with Gasteiger partial charge in [0.1, 0.15) is 18.4 Å². The molecule has 18 heavy (non-hydrogen) atoms. The van der Waals surface area contributed by atoms with E-state index >= 15 is 0 Å². The number of hydrogen-bond acceptors (Lipinski definition) is 3. The molecule has 0 aliphatic carbocycles. The third-order valence-electron chi connectivity index (χ3n) is 2.72. The number of benzene rings is 1. The fourth-order valence-corrected chi connectivity index (χ4v) is 1.76. The Morgan fingerprint density at radius 1 is 1.44 bits per heavy atom. The number of carbonyl (C=O) groups is 2. The first kappa shape index (κ1) is 12.0. The van der Waals surface area contributed by atoms with Gasteiger partial charge in [0.05, 0.1) is 12.1 Å². The number of imide groups is 1. The Morgan fingerprint density at radius 3 is 2.72 bits per heavy atom. The van der Waals surface area contributed by atoms with E-state index in [1.54, 1.807) is 6.07 Å². The molecule has 3 amide bonds. The number of carbonyl (C=O) groups excluding carboxylic acids is 2. The second-order valence-electron chi connectivity index (χ2n) is 4.04. The predicted molar refractivity (Wildman–Crippen MR) is 59.7 cm³/mol.